The van der Waals surface area contributed by atoms with E-state index < -0.39 is 5.97 Å². The highest BCUT2D eigenvalue weighted by atomic mass is 16.5. The third-order valence-corrected chi connectivity index (χ3v) is 3.47. The Bertz CT molecular complexity index is 784. The third-order valence-electron chi connectivity index (χ3n) is 3.47. The molecular formula is C18H20N2O6. The van der Waals surface area contributed by atoms with Crippen molar-refractivity contribution in [3.63, 3.8) is 0 Å². The van der Waals surface area contributed by atoms with Gasteiger partial charge in [-0.2, -0.15) is 9.97 Å². The van der Waals surface area contributed by atoms with Gasteiger partial charge in [-0.25, -0.2) is 4.79 Å². The Morgan fingerprint density at radius 1 is 1.04 bits per heavy atom. The predicted octanol–water partition coefficient (Wildman–Crippen LogP) is 3.06. The standard InChI is InChI=1S/C18H20N2O6/c1-5-7-12(21)11-8-6-9-13(16(11)17(22)25-4)26-18-19-14(23-2)10-15(20-18)24-3/h6,8-10H,5,7H2,1-4H3. The molecule has 0 aliphatic carbocycles. The van der Waals surface area contributed by atoms with Crippen LogP contribution in [0, 0.1) is 0 Å². The van der Waals surface area contributed by atoms with Gasteiger partial charge in [0.15, 0.2) is 5.78 Å². The molecule has 0 unspecified atom stereocenters. The Morgan fingerprint density at radius 2 is 1.69 bits per heavy atom. The number of benzene rings is 1. The maximum absolute atomic E-state index is 12.4. The number of hydrogen-bond donors (Lipinski definition) is 0. The minimum absolute atomic E-state index is 0.0267. The number of carbonyl (C=O) groups excluding carboxylic acids is 2. The van der Waals surface area contributed by atoms with Crippen LogP contribution in [0.2, 0.25) is 0 Å². The van der Waals surface area contributed by atoms with Crippen LogP contribution in [-0.2, 0) is 4.74 Å². The molecule has 2 aromatic rings. The molecular weight excluding hydrogens is 340 g/mol. The number of aromatic nitrogens is 2. The van der Waals surface area contributed by atoms with E-state index in [0.29, 0.717) is 12.8 Å². The zero-order valence-electron chi connectivity index (χ0n) is 15.1. The summed E-state index contributed by atoms with van der Waals surface area (Å²) in [4.78, 5) is 32.7. The number of rotatable bonds is 8. The highest BCUT2D eigenvalue weighted by Crippen LogP contribution is 2.30. The molecule has 1 aromatic carbocycles. The summed E-state index contributed by atoms with van der Waals surface area (Å²) < 4.78 is 20.6. The van der Waals surface area contributed by atoms with Crippen LogP contribution in [0.4, 0.5) is 0 Å². The Morgan fingerprint density at radius 3 is 2.23 bits per heavy atom. The quantitative estimate of drug-likeness (QED) is 0.523. The fourth-order valence-electron chi connectivity index (χ4n) is 2.26. The smallest absolute Gasteiger partial charge is 0.342 e. The van der Waals surface area contributed by atoms with Crippen LogP contribution in [0.5, 0.6) is 23.5 Å². The van der Waals surface area contributed by atoms with Gasteiger partial charge in [-0.1, -0.05) is 19.1 Å². The van der Waals surface area contributed by atoms with E-state index in [1.165, 1.54) is 33.5 Å². The maximum Gasteiger partial charge on any atom is 0.342 e. The fourth-order valence-corrected chi connectivity index (χ4v) is 2.26. The Labute approximate surface area is 151 Å². The van der Waals surface area contributed by atoms with Gasteiger partial charge in [0.25, 0.3) is 0 Å². The molecule has 0 bridgehead atoms. The van der Waals surface area contributed by atoms with Gasteiger partial charge < -0.3 is 18.9 Å². The van der Waals surface area contributed by atoms with Crippen LogP contribution in [0.3, 0.4) is 0 Å². The Kier molecular flexibility index (Phi) is 6.48. The molecule has 2 rings (SSSR count). The molecule has 0 aliphatic heterocycles. The number of carbonyl (C=O) groups is 2. The van der Waals surface area contributed by atoms with Crippen LogP contribution in [0.1, 0.15) is 40.5 Å². The van der Waals surface area contributed by atoms with Gasteiger partial charge in [0.1, 0.15) is 11.3 Å². The van der Waals surface area contributed by atoms with E-state index in [-0.39, 0.29) is 40.4 Å². The number of nitrogens with zero attached hydrogens (tertiary/aromatic N) is 2. The molecule has 138 valence electrons. The molecule has 0 saturated carbocycles. The first-order valence-corrected chi connectivity index (χ1v) is 7.93. The van der Waals surface area contributed by atoms with Gasteiger partial charge in [-0.15, -0.1) is 0 Å². The average molecular weight is 360 g/mol. The molecule has 0 spiro atoms. The van der Waals surface area contributed by atoms with E-state index in [0.717, 1.165) is 0 Å². The van der Waals surface area contributed by atoms with E-state index in [2.05, 4.69) is 9.97 Å². The first kappa shape index (κ1) is 19.2. The lowest BCUT2D eigenvalue weighted by Gasteiger charge is -2.13. The molecule has 0 aliphatic rings. The van der Waals surface area contributed by atoms with Crippen molar-refractivity contribution in [3.05, 3.63) is 35.4 Å². The number of methoxy groups -OCH3 is 3. The number of esters is 1. The molecule has 1 heterocycles. The summed E-state index contributed by atoms with van der Waals surface area (Å²) >= 11 is 0. The van der Waals surface area contributed by atoms with E-state index in [1.54, 1.807) is 12.1 Å². The lowest BCUT2D eigenvalue weighted by Crippen LogP contribution is -2.12. The highest BCUT2D eigenvalue weighted by Gasteiger charge is 2.23. The van der Waals surface area contributed by atoms with Gasteiger partial charge >= 0.3 is 12.0 Å². The SMILES string of the molecule is CCCC(=O)c1cccc(Oc2nc(OC)cc(OC)n2)c1C(=O)OC. The van der Waals surface area contributed by atoms with Crippen molar-refractivity contribution in [2.24, 2.45) is 0 Å². The summed E-state index contributed by atoms with van der Waals surface area (Å²) in [5, 5.41) is 0. The Balaban J connectivity index is 2.51. The summed E-state index contributed by atoms with van der Waals surface area (Å²) in [5.74, 6) is -0.305. The summed E-state index contributed by atoms with van der Waals surface area (Å²) in [6.07, 6.45) is 0.956. The van der Waals surface area contributed by atoms with Crippen LogP contribution >= 0.6 is 0 Å². The van der Waals surface area contributed by atoms with Crippen molar-refractivity contribution in [2.45, 2.75) is 19.8 Å². The van der Waals surface area contributed by atoms with E-state index in [1.807, 2.05) is 6.92 Å². The van der Waals surface area contributed by atoms with Gasteiger partial charge in [0.2, 0.25) is 11.8 Å². The van der Waals surface area contributed by atoms with Gasteiger partial charge in [-0.3, -0.25) is 4.79 Å². The first-order valence-electron chi connectivity index (χ1n) is 7.93. The van der Waals surface area contributed by atoms with E-state index >= 15 is 0 Å². The molecule has 0 saturated heterocycles. The second-order valence-electron chi connectivity index (χ2n) is 5.18. The number of hydrogen-bond acceptors (Lipinski definition) is 8. The lowest BCUT2D eigenvalue weighted by atomic mass is 10.00. The van der Waals surface area contributed by atoms with E-state index in [9.17, 15) is 9.59 Å². The number of ketones is 1. The summed E-state index contributed by atoms with van der Waals surface area (Å²) in [6, 6.07) is 6.10. The van der Waals surface area contributed by atoms with Gasteiger partial charge in [0, 0.05) is 12.0 Å². The summed E-state index contributed by atoms with van der Waals surface area (Å²) in [5.41, 5.74) is 0.255. The van der Waals surface area contributed by atoms with Crippen LogP contribution < -0.4 is 14.2 Å². The molecule has 0 fully saturated rings. The molecule has 0 N–H and O–H groups in total. The second kappa shape index (κ2) is 8.80. The molecule has 0 radical (unpaired) electrons. The van der Waals surface area contributed by atoms with Gasteiger partial charge in [-0.05, 0) is 12.5 Å². The van der Waals surface area contributed by atoms with Crippen LogP contribution in [0.25, 0.3) is 0 Å². The van der Waals surface area contributed by atoms with Crippen molar-refractivity contribution in [1.29, 1.82) is 0 Å². The Hall–Kier alpha value is -3.16. The highest BCUT2D eigenvalue weighted by molar-refractivity contribution is 6.08. The summed E-state index contributed by atoms with van der Waals surface area (Å²) in [6.45, 7) is 1.88. The normalized spacial score (nSPS) is 10.2. The molecule has 0 atom stereocenters. The van der Waals surface area contributed by atoms with E-state index in [4.69, 9.17) is 18.9 Å². The van der Waals surface area contributed by atoms with Crippen molar-refractivity contribution < 1.29 is 28.5 Å². The molecule has 26 heavy (non-hydrogen) atoms. The number of ether oxygens (including phenoxy) is 4. The zero-order chi connectivity index (χ0) is 19.1. The minimum atomic E-state index is -0.685. The van der Waals surface area contributed by atoms with Crippen molar-refractivity contribution in [1.82, 2.24) is 9.97 Å². The average Bonchev–Trinajstić information content (AvgIpc) is 2.67. The van der Waals surface area contributed by atoms with Crippen molar-refractivity contribution in [3.8, 4) is 23.5 Å². The van der Waals surface area contributed by atoms with Crippen molar-refractivity contribution >= 4 is 11.8 Å². The second-order valence-corrected chi connectivity index (χ2v) is 5.18. The topological polar surface area (TPSA) is 96.8 Å². The first-order chi connectivity index (χ1) is 12.5. The molecule has 8 heteroatoms. The molecule has 0 amide bonds. The fraction of sp³-hybridized carbons (Fsp3) is 0.333. The monoisotopic (exact) mass is 360 g/mol. The zero-order valence-corrected chi connectivity index (χ0v) is 15.1. The lowest BCUT2D eigenvalue weighted by molar-refractivity contribution is 0.0593. The van der Waals surface area contributed by atoms with Crippen LogP contribution in [-0.4, -0.2) is 43.0 Å². The van der Waals surface area contributed by atoms with Gasteiger partial charge in [0.05, 0.1) is 27.4 Å². The minimum Gasteiger partial charge on any atom is -0.481 e. The molecule has 1 aromatic heterocycles. The summed E-state index contributed by atoms with van der Waals surface area (Å²) in [7, 11) is 4.11. The maximum atomic E-state index is 12.4. The predicted molar refractivity (Wildman–Crippen MR) is 92.2 cm³/mol. The van der Waals surface area contributed by atoms with Crippen LogP contribution in [0.15, 0.2) is 24.3 Å². The molecule has 8 nitrogen and oxygen atoms in total. The third kappa shape index (κ3) is 4.27. The van der Waals surface area contributed by atoms with Crippen molar-refractivity contribution in [2.75, 3.05) is 21.3 Å². The largest absolute Gasteiger partial charge is 0.481 e. The number of Topliss-reactive ketones (excluding diaryl/α,β-unsaturated/α-hetero) is 1.